The van der Waals surface area contributed by atoms with Crippen molar-refractivity contribution in [2.45, 2.75) is 486 Å². The monoisotopic (exact) mass is 1670 g/mol. The number of carbonyl (C=O) groups is 2. The lowest BCUT2D eigenvalue weighted by Gasteiger charge is -2.32. The van der Waals surface area contributed by atoms with Gasteiger partial charge >= 0.3 is 0 Å². The number of ketones is 2. The molecule has 0 radical (unpaired) electrons. The van der Waals surface area contributed by atoms with Gasteiger partial charge in [0.2, 0.25) is 11.6 Å². The Morgan fingerprint density at radius 3 is 0.975 bits per heavy atom. The molecule has 6 nitrogen and oxygen atoms in total. The van der Waals surface area contributed by atoms with Crippen LogP contribution >= 0.6 is 34.4 Å². The van der Waals surface area contributed by atoms with Gasteiger partial charge in [0.15, 0.2) is 0 Å². The van der Waals surface area contributed by atoms with Gasteiger partial charge in [0.1, 0.15) is 22.4 Å². The quantitative estimate of drug-likeness (QED) is 0.0280. The number of benzene rings is 3. The fraction of sp³-hybridized carbons (Fsp3) is 0.725. The predicted molar refractivity (Wildman–Crippen MR) is 524 cm³/mol. The smallest absolute Gasteiger partial charge is 0.213 e. The van der Waals surface area contributed by atoms with Crippen molar-refractivity contribution in [1.82, 2.24) is 8.75 Å². The molecule has 660 valence electrons. The first-order valence-corrected chi connectivity index (χ1v) is 53.5. The minimum Gasteiger partial charge on any atom is -0.336 e. The molecule has 9 heteroatoms. The van der Waals surface area contributed by atoms with Crippen molar-refractivity contribution in [3.63, 3.8) is 0 Å². The van der Waals surface area contributed by atoms with Crippen LogP contribution in [0.3, 0.4) is 0 Å². The Bertz CT molecular complexity index is 3690. The van der Waals surface area contributed by atoms with Crippen molar-refractivity contribution in [3.8, 4) is 31.3 Å². The van der Waals surface area contributed by atoms with Gasteiger partial charge in [0, 0.05) is 60.3 Å². The third-order valence-corrected chi connectivity index (χ3v) is 31.0. The highest BCUT2D eigenvalue weighted by atomic mass is 32.1. The molecular weight excluding hydrogens is 1490 g/mol. The molecular formula is C109H174N4O2S3. The lowest BCUT2D eigenvalue weighted by atomic mass is 9.83. The second-order valence-electron chi connectivity index (χ2n) is 37.7. The molecule has 0 bridgehead atoms. The van der Waals surface area contributed by atoms with Crippen LogP contribution in [0, 0.1) is 18.8 Å². The highest BCUT2D eigenvalue weighted by Gasteiger charge is 2.44. The molecule has 3 aromatic carbocycles. The van der Waals surface area contributed by atoms with Crippen molar-refractivity contribution in [2.75, 3.05) is 22.9 Å². The number of allylic oxidation sites excluding steroid dienone is 2. The molecule has 0 spiro atoms. The van der Waals surface area contributed by atoms with E-state index in [-0.39, 0.29) is 17.0 Å². The Kier molecular flexibility index (Phi) is 49.2. The predicted octanol–water partition coefficient (Wildman–Crippen LogP) is 37.0. The van der Waals surface area contributed by atoms with Gasteiger partial charge in [-0.2, -0.15) is 8.75 Å². The minimum atomic E-state index is 0.0298. The Morgan fingerprint density at radius 1 is 0.331 bits per heavy atom. The molecule has 0 aliphatic carbocycles. The highest BCUT2D eigenvalue weighted by Crippen LogP contribution is 2.51. The molecule has 0 saturated heterocycles. The summed E-state index contributed by atoms with van der Waals surface area (Å²) in [4.78, 5) is 42.9. The van der Waals surface area contributed by atoms with Gasteiger partial charge in [0.05, 0.1) is 23.1 Å². The molecule has 0 N–H and O–H groups in total. The summed E-state index contributed by atoms with van der Waals surface area (Å²) in [7, 11) is 0. The number of thiophene rings is 2. The van der Waals surface area contributed by atoms with E-state index >= 15 is 9.59 Å². The zero-order valence-electron chi connectivity index (χ0n) is 77.9. The molecule has 2 aliphatic heterocycles. The van der Waals surface area contributed by atoms with Crippen molar-refractivity contribution >= 4 is 68.4 Å². The van der Waals surface area contributed by atoms with Gasteiger partial charge in [-0.1, -0.05) is 433 Å². The van der Waals surface area contributed by atoms with Crippen molar-refractivity contribution in [3.05, 3.63) is 105 Å². The van der Waals surface area contributed by atoms with Crippen LogP contribution in [-0.4, -0.2) is 33.4 Å². The second kappa shape index (κ2) is 58.6. The first-order chi connectivity index (χ1) is 58.0. The van der Waals surface area contributed by atoms with Crippen LogP contribution in [0.4, 0.5) is 11.4 Å². The number of aryl methyl sites for hydroxylation is 3. The Labute approximate surface area is 737 Å². The molecule has 3 aromatic heterocycles. The van der Waals surface area contributed by atoms with Crippen LogP contribution in [0.15, 0.2) is 72.1 Å². The number of fused-ring (bicyclic) bond motifs is 3. The first-order valence-electron chi connectivity index (χ1n) is 51.1. The SMILES string of the molecule is CCCCCCCCCCCCCCc1cc(-c2ccc3c(c2)N(CC(CCCCCCCCCC)CCCCCCCCCC)/C(=C2\C(=O)c4ccc(C)cc4N2CC(CCCCCCCCCC)CCCCCCCCCC)C3=O)sc1-c1ccc(-c2sc(C(C)(CC)CC)cc2CCCCCCCCCCCCCC)c2nsnc12. The number of carbonyl (C=O) groups excluding carboxylic acids is 2. The Hall–Kier alpha value is -4.44. The molecule has 0 saturated carbocycles. The van der Waals surface area contributed by atoms with Crippen LogP contribution in [-0.2, 0) is 18.3 Å². The fourth-order valence-electron chi connectivity index (χ4n) is 19.5. The van der Waals surface area contributed by atoms with E-state index < -0.39 is 0 Å². The number of anilines is 2. The molecule has 5 heterocycles. The minimum absolute atomic E-state index is 0.0298. The molecule has 2 aliphatic rings. The summed E-state index contributed by atoms with van der Waals surface area (Å²) in [6, 6.07) is 23.4. The summed E-state index contributed by atoms with van der Waals surface area (Å²) >= 11 is 5.36. The Morgan fingerprint density at radius 2 is 0.627 bits per heavy atom. The summed E-state index contributed by atoms with van der Waals surface area (Å²) in [5.74, 6) is 0.860. The molecule has 8 rings (SSSR count). The fourth-order valence-corrected chi connectivity index (χ4v) is 22.8. The summed E-state index contributed by atoms with van der Waals surface area (Å²) in [5.41, 5.74) is 14.7. The molecule has 0 amide bonds. The van der Waals surface area contributed by atoms with E-state index in [9.17, 15) is 0 Å². The topological polar surface area (TPSA) is 66.4 Å². The van der Waals surface area contributed by atoms with E-state index in [1.807, 2.05) is 22.7 Å². The molecule has 6 aromatic rings. The number of hydrogen-bond donors (Lipinski definition) is 0. The van der Waals surface area contributed by atoms with Crippen molar-refractivity contribution < 1.29 is 9.59 Å². The van der Waals surface area contributed by atoms with Gasteiger partial charge in [-0.05, 0) is 142 Å². The zero-order chi connectivity index (χ0) is 83.6. The van der Waals surface area contributed by atoms with Gasteiger partial charge < -0.3 is 9.80 Å². The van der Waals surface area contributed by atoms with Crippen molar-refractivity contribution in [2.24, 2.45) is 11.8 Å². The van der Waals surface area contributed by atoms with Crippen LogP contribution in [0.25, 0.3) is 42.4 Å². The number of unbranched alkanes of at least 4 members (excludes halogenated alkanes) is 50. The maximum atomic E-state index is 16.4. The number of rotatable bonds is 72. The van der Waals surface area contributed by atoms with Gasteiger partial charge in [-0.25, -0.2) is 0 Å². The second-order valence-corrected chi connectivity index (χ2v) is 40.3. The maximum Gasteiger partial charge on any atom is 0.213 e. The zero-order valence-corrected chi connectivity index (χ0v) is 80.4. The summed E-state index contributed by atoms with van der Waals surface area (Å²) in [5, 5.41) is 0. The van der Waals surface area contributed by atoms with Crippen LogP contribution < -0.4 is 9.80 Å². The summed E-state index contributed by atoms with van der Waals surface area (Å²) in [6.07, 6.45) is 82.9. The lowest BCUT2D eigenvalue weighted by Crippen LogP contribution is -2.35. The third kappa shape index (κ3) is 32.6. The first kappa shape index (κ1) is 99.0. The van der Waals surface area contributed by atoms with E-state index in [4.69, 9.17) is 8.75 Å². The number of Topliss-reactive ketones (excluding diaryl/α,β-unsaturated/α-hetero) is 2. The molecule has 0 fully saturated rings. The van der Waals surface area contributed by atoms with Crippen LogP contribution in [0.2, 0.25) is 0 Å². The summed E-state index contributed by atoms with van der Waals surface area (Å²) < 4.78 is 10.6. The average Bonchev–Trinajstić information content (AvgIpc) is 1.57. The van der Waals surface area contributed by atoms with E-state index in [0.717, 1.165) is 116 Å². The van der Waals surface area contributed by atoms with Gasteiger partial charge in [-0.15, -0.1) is 22.7 Å². The van der Waals surface area contributed by atoms with E-state index in [0.29, 0.717) is 23.2 Å². The molecule has 118 heavy (non-hydrogen) atoms. The third-order valence-electron chi connectivity index (χ3n) is 27.7. The van der Waals surface area contributed by atoms with Gasteiger partial charge in [-0.3, -0.25) is 9.59 Å². The number of aromatic nitrogens is 2. The van der Waals surface area contributed by atoms with Crippen LogP contribution in [0.5, 0.6) is 0 Å². The van der Waals surface area contributed by atoms with E-state index in [1.54, 1.807) is 0 Å². The lowest BCUT2D eigenvalue weighted by molar-refractivity contribution is 0.100. The van der Waals surface area contributed by atoms with Gasteiger partial charge in [0.25, 0.3) is 0 Å². The summed E-state index contributed by atoms with van der Waals surface area (Å²) in [6.45, 7) is 24.9. The van der Waals surface area contributed by atoms with E-state index in [1.165, 1.54) is 407 Å². The molecule has 0 atom stereocenters. The van der Waals surface area contributed by atoms with E-state index in [2.05, 4.69) is 140 Å². The van der Waals surface area contributed by atoms with Crippen LogP contribution in [0.1, 0.15) is 503 Å². The normalized spacial score (nSPS) is 13.8. The highest BCUT2D eigenvalue weighted by molar-refractivity contribution is 7.19. The maximum absolute atomic E-state index is 16.4. The molecule has 0 unspecified atom stereocenters. The largest absolute Gasteiger partial charge is 0.336 e. The standard InChI is InChI=1S/C109H174N4O2S3/c1-11-19-25-31-37-43-45-47-49-55-61-67-73-91-83-99(116-107(91)95-79-80-96(102-101(95)110-118-111-102)108-92(84-100(117-108)109(10,17-7)18-8)74-68-62-56-50-48-46-44-38-32-26-20-12-2)90-76-78-94-98(82-90)113(86-89(71-65-59-53-41-35-29-23-15-5)72-66-60-54-42-36-30-24-16-6)104(106(94)115)103-105(114)93-77-75-87(9)81-97(93)112(103)85-88(69-63-57-51-39-33-27-21-13-3)70-64-58-52-40-34-28-22-14-4/h75-84,88-89H,11-74,85-86H2,1-10H3/b104-103+. The van der Waals surface area contributed by atoms with Crippen molar-refractivity contribution in [1.29, 1.82) is 0 Å². The average molecular weight is 1670 g/mol. The number of nitrogens with zero attached hydrogens (tertiary/aromatic N) is 4. The Balaban J connectivity index is 1.19. The number of hydrogen-bond acceptors (Lipinski definition) is 9.